The van der Waals surface area contributed by atoms with Crippen LogP contribution in [0.1, 0.15) is 21.5 Å². The molecule has 1 aromatic carbocycles. The minimum atomic E-state index is -0.753. The van der Waals surface area contributed by atoms with Gasteiger partial charge in [0.05, 0.1) is 10.9 Å². The second-order valence-electron chi connectivity index (χ2n) is 3.16. The summed E-state index contributed by atoms with van der Waals surface area (Å²) in [5.74, 6) is -1.67. The molecular formula is C10H9Br2FO2. The Hall–Kier alpha value is -0.420. The quantitative estimate of drug-likeness (QED) is 0.661. The van der Waals surface area contributed by atoms with Crippen LogP contribution in [0.2, 0.25) is 0 Å². The van der Waals surface area contributed by atoms with Gasteiger partial charge in [0.1, 0.15) is 0 Å². The lowest BCUT2D eigenvalue weighted by atomic mass is 10.0. The van der Waals surface area contributed by atoms with Crippen molar-refractivity contribution in [2.45, 2.75) is 13.8 Å². The summed E-state index contributed by atoms with van der Waals surface area (Å²) in [6.45, 7) is 3.20. The highest BCUT2D eigenvalue weighted by atomic mass is 79.9. The van der Waals surface area contributed by atoms with E-state index in [1.807, 2.05) is 0 Å². The monoisotopic (exact) mass is 338 g/mol. The number of ketones is 1. The lowest BCUT2D eigenvalue weighted by molar-refractivity contribution is 0.101. The molecule has 0 radical (unpaired) electrons. The van der Waals surface area contributed by atoms with Crippen molar-refractivity contribution in [3.63, 3.8) is 0 Å². The Morgan fingerprint density at radius 2 is 1.93 bits per heavy atom. The molecule has 0 unspecified atom stereocenters. The molecule has 0 aliphatic rings. The first-order valence-electron chi connectivity index (χ1n) is 4.18. The third kappa shape index (κ3) is 2.08. The molecule has 1 aromatic rings. The van der Waals surface area contributed by atoms with Gasteiger partial charge in [-0.3, -0.25) is 4.79 Å². The average Bonchev–Trinajstić information content (AvgIpc) is 2.23. The lowest BCUT2D eigenvalue weighted by Gasteiger charge is -2.12. The number of rotatable bonds is 2. The van der Waals surface area contributed by atoms with Gasteiger partial charge < -0.3 is 5.11 Å². The minimum absolute atomic E-state index is 0.0295. The van der Waals surface area contributed by atoms with Gasteiger partial charge in [-0.05, 0) is 19.4 Å². The number of carbonyl (C=O) groups is 1. The molecule has 0 atom stereocenters. The number of benzene rings is 1. The summed E-state index contributed by atoms with van der Waals surface area (Å²) >= 11 is 6.18. The fourth-order valence-electron chi connectivity index (χ4n) is 1.36. The number of halogens is 3. The average molecular weight is 340 g/mol. The van der Waals surface area contributed by atoms with Gasteiger partial charge in [0.25, 0.3) is 0 Å². The molecule has 0 aliphatic heterocycles. The Morgan fingerprint density at radius 1 is 1.40 bits per heavy atom. The molecule has 0 aliphatic carbocycles. The van der Waals surface area contributed by atoms with Crippen molar-refractivity contribution in [2.75, 3.05) is 5.33 Å². The summed E-state index contributed by atoms with van der Waals surface area (Å²) < 4.78 is 14.0. The third-order valence-electron chi connectivity index (χ3n) is 2.21. The molecule has 2 nitrogen and oxygen atoms in total. The maximum Gasteiger partial charge on any atom is 0.177 e. The van der Waals surface area contributed by atoms with E-state index in [-0.39, 0.29) is 16.7 Å². The maximum absolute atomic E-state index is 13.5. The van der Waals surface area contributed by atoms with Crippen molar-refractivity contribution in [3.05, 3.63) is 27.0 Å². The van der Waals surface area contributed by atoms with E-state index in [2.05, 4.69) is 31.9 Å². The molecule has 82 valence electrons. The molecule has 0 bridgehead atoms. The fraction of sp³-hybridized carbons (Fsp3) is 0.300. The summed E-state index contributed by atoms with van der Waals surface area (Å²) in [7, 11) is 0. The van der Waals surface area contributed by atoms with Gasteiger partial charge in [-0.1, -0.05) is 31.9 Å². The molecule has 0 heterocycles. The predicted molar refractivity (Wildman–Crippen MR) is 63.4 cm³/mol. The first-order chi connectivity index (χ1) is 6.91. The Labute approximate surface area is 104 Å². The van der Waals surface area contributed by atoms with Crippen molar-refractivity contribution in [2.24, 2.45) is 0 Å². The van der Waals surface area contributed by atoms with E-state index >= 15 is 0 Å². The van der Waals surface area contributed by atoms with Gasteiger partial charge in [-0.2, -0.15) is 0 Å². The molecule has 0 aromatic heterocycles. The molecule has 1 rings (SSSR count). The Morgan fingerprint density at radius 3 is 2.40 bits per heavy atom. The molecule has 15 heavy (non-hydrogen) atoms. The van der Waals surface area contributed by atoms with Gasteiger partial charge in [0.2, 0.25) is 0 Å². The van der Waals surface area contributed by atoms with Crippen molar-refractivity contribution in [1.82, 2.24) is 0 Å². The maximum atomic E-state index is 13.5. The summed E-state index contributed by atoms with van der Waals surface area (Å²) in [6.07, 6.45) is 0. The van der Waals surface area contributed by atoms with Crippen molar-refractivity contribution >= 4 is 37.6 Å². The van der Waals surface area contributed by atoms with Crippen LogP contribution in [0.25, 0.3) is 0 Å². The largest absolute Gasteiger partial charge is 0.504 e. The number of carbonyl (C=O) groups excluding carboxylic acids is 1. The second kappa shape index (κ2) is 4.61. The van der Waals surface area contributed by atoms with Crippen LogP contribution in [0.3, 0.4) is 0 Å². The number of Topliss-reactive ketones (excluding diaryl/α,β-unsaturated/α-hetero) is 1. The van der Waals surface area contributed by atoms with Gasteiger partial charge in [-0.15, -0.1) is 0 Å². The van der Waals surface area contributed by atoms with Gasteiger partial charge >= 0.3 is 0 Å². The topological polar surface area (TPSA) is 37.3 Å². The van der Waals surface area contributed by atoms with E-state index in [1.165, 1.54) is 6.92 Å². The predicted octanol–water partition coefficient (Wildman–Crippen LogP) is 3.49. The Bertz CT molecular complexity index is 401. The first kappa shape index (κ1) is 12.6. The molecule has 5 heteroatoms. The van der Waals surface area contributed by atoms with Crippen LogP contribution in [0.5, 0.6) is 5.75 Å². The molecule has 0 fully saturated rings. The molecule has 0 spiro atoms. The van der Waals surface area contributed by atoms with Crippen LogP contribution in [0.15, 0.2) is 4.47 Å². The van der Waals surface area contributed by atoms with Crippen LogP contribution in [-0.4, -0.2) is 16.2 Å². The van der Waals surface area contributed by atoms with Crippen molar-refractivity contribution < 1.29 is 14.3 Å². The number of hydrogen-bond donors (Lipinski definition) is 1. The number of phenolic OH excluding ortho intramolecular Hbond substituents is 1. The smallest absolute Gasteiger partial charge is 0.177 e. The molecule has 0 saturated heterocycles. The summed E-state index contributed by atoms with van der Waals surface area (Å²) in [4.78, 5) is 11.5. The summed E-state index contributed by atoms with van der Waals surface area (Å²) in [5.41, 5.74) is 0.883. The van der Waals surface area contributed by atoms with Crippen molar-refractivity contribution in [3.8, 4) is 5.75 Å². The Balaban J connectivity index is 3.60. The lowest BCUT2D eigenvalue weighted by Crippen LogP contribution is -2.06. The minimum Gasteiger partial charge on any atom is -0.504 e. The first-order valence-corrected chi connectivity index (χ1v) is 6.09. The SMILES string of the molecule is Cc1c(F)c(O)c(C(=O)CBr)c(C)c1Br. The van der Waals surface area contributed by atoms with Crippen LogP contribution >= 0.6 is 31.9 Å². The highest BCUT2D eigenvalue weighted by Crippen LogP contribution is 2.34. The normalized spacial score (nSPS) is 10.5. The van der Waals surface area contributed by atoms with E-state index in [0.717, 1.165) is 0 Å². The number of alkyl halides is 1. The van der Waals surface area contributed by atoms with Gasteiger partial charge in [-0.25, -0.2) is 4.39 Å². The summed E-state index contributed by atoms with van der Waals surface area (Å²) in [6, 6.07) is 0. The highest BCUT2D eigenvalue weighted by Gasteiger charge is 2.22. The number of hydrogen-bond acceptors (Lipinski definition) is 2. The van der Waals surface area contributed by atoms with E-state index in [0.29, 0.717) is 15.6 Å². The number of phenols is 1. The van der Waals surface area contributed by atoms with Gasteiger partial charge in [0.15, 0.2) is 17.3 Å². The second-order valence-corrected chi connectivity index (χ2v) is 4.51. The highest BCUT2D eigenvalue weighted by molar-refractivity contribution is 9.10. The summed E-state index contributed by atoms with van der Waals surface area (Å²) in [5, 5.41) is 9.60. The molecular weight excluding hydrogens is 331 g/mol. The Kier molecular flexibility index (Phi) is 3.89. The van der Waals surface area contributed by atoms with Crippen LogP contribution < -0.4 is 0 Å². The van der Waals surface area contributed by atoms with Crippen LogP contribution in [0.4, 0.5) is 4.39 Å². The zero-order valence-corrected chi connectivity index (χ0v) is 11.4. The van der Waals surface area contributed by atoms with E-state index in [4.69, 9.17) is 0 Å². The zero-order valence-electron chi connectivity index (χ0n) is 8.20. The van der Waals surface area contributed by atoms with Gasteiger partial charge in [0, 0.05) is 10.0 Å². The zero-order chi connectivity index (χ0) is 11.7. The van der Waals surface area contributed by atoms with E-state index in [9.17, 15) is 14.3 Å². The molecule has 1 N–H and O–H groups in total. The van der Waals surface area contributed by atoms with E-state index in [1.54, 1.807) is 6.92 Å². The standard InChI is InChI=1S/C10H9Br2FO2/c1-4-7(6(14)3-11)10(15)9(13)5(2)8(4)12/h15H,3H2,1-2H3. The van der Waals surface area contributed by atoms with E-state index < -0.39 is 11.6 Å². The fourth-order valence-corrected chi connectivity index (χ4v) is 2.01. The number of aromatic hydroxyl groups is 1. The van der Waals surface area contributed by atoms with Crippen molar-refractivity contribution in [1.29, 1.82) is 0 Å². The van der Waals surface area contributed by atoms with Crippen LogP contribution in [0, 0.1) is 19.7 Å². The molecule has 0 saturated carbocycles. The van der Waals surface area contributed by atoms with Crippen LogP contribution in [-0.2, 0) is 0 Å². The molecule has 0 amide bonds. The third-order valence-corrected chi connectivity index (χ3v) is 3.91.